The molecular formula is C18H24N2O6. The van der Waals surface area contributed by atoms with E-state index >= 15 is 0 Å². The Morgan fingerprint density at radius 2 is 2.00 bits per heavy atom. The summed E-state index contributed by atoms with van der Waals surface area (Å²) in [6.45, 7) is 3.45. The number of benzene rings is 1. The minimum Gasteiger partial charge on any atom is -0.497 e. The third kappa shape index (κ3) is 4.65. The quantitative estimate of drug-likeness (QED) is 0.729. The average molecular weight is 364 g/mol. The highest BCUT2D eigenvalue weighted by Gasteiger charge is 2.37. The molecule has 1 fully saturated rings. The number of ether oxygens (including phenoxy) is 3. The van der Waals surface area contributed by atoms with Crippen LogP contribution < -0.4 is 19.7 Å². The van der Waals surface area contributed by atoms with Gasteiger partial charge in [-0.15, -0.1) is 0 Å². The van der Waals surface area contributed by atoms with Crippen LogP contribution in [0, 0.1) is 5.92 Å². The van der Waals surface area contributed by atoms with Crippen molar-refractivity contribution >= 4 is 23.5 Å². The minimum atomic E-state index is -0.624. The van der Waals surface area contributed by atoms with Crippen LogP contribution in [0.1, 0.15) is 20.3 Å². The van der Waals surface area contributed by atoms with Crippen LogP contribution in [0.15, 0.2) is 18.2 Å². The second-order valence-corrected chi connectivity index (χ2v) is 6.27. The predicted molar refractivity (Wildman–Crippen MR) is 94.2 cm³/mol. The van der Waals surface area contributed by atoms with Gasteiger partial charge in [0, 0.05) is 25.1 Å². The summed E-state index contributed by atoms with van der Waals surface area (Å²) in [5.41, 5.74) is 0.561. The number of amides is 2. The van der Waals surface area contributed by atoms with Crippen LogP contribution in [-0.2, 0) is 19.1 Å². The Balaban J connectivity index is 2.02. The largest absolute Gasteiger partial charge is 0.497 e. The summed E-state index contributed by atoms with van der Waals surface area (Å²) in [5, 5.41) is 2.64. The smallest absolute Gasteiger partial charge is 0.311 e. The lowest BCUT2D eigenvalue weighted by Gasteiger charge is -2.20. The number of hydrogen-bond donors (Lipinski definition) is 1. The van der Waals surface area contributed by atoms with Crippen LogP contribution in [-0.4, -0.2) is 51.2 Å². The Hall–Kier alpha value is -2.77. The van der Waals surface area contributed by atoms with Gasteiger partial charge < -0.3 is 24.4 Å². The Labute approximate surface area is 152 Å². The van der Waals surface area contributed by atoms with E-state index in [1.807, 2.05) is 13.8 Å². The standard InChI is InChI=1S/C18H24N2O6/c1-11(2)19-16(21)10-26-18(23)12-7-17(22)20(9-12)14-6-5-13(24-3)8-15(14)25-4/h5-6,8,11-12H,7,9-10H2,1-4H3,(H,19,21)/t12-/m0/s1. The molecule has 142 valence electrons. The van der Waals surface area contributed by atoms with Crippen LogP contribution in [0.5, 0.6) is 11.5 Å². The molecule has 0 unspecified atom stereocenters. The summed E-state index contributed by atoms with van der Waals surface area (Å²) in [6, 6.07) is 5.06. The van der Waals surface area contributed by atoms with Crippen molar-refractivity contribution in [2.24, 2.45) is 5.92 Å². The fraction of sp³-hybridized carbons (Fsp3) is 0.500. The average Bonchev–Trinajstić information content (AvgIpc) is 3.00. The topological polar surface area (TPSA) is 94.2 Å². The van der Waals surface area contributed by atoms with Gasteiger partial charge in [-0.05, 0) is 26.0 Å². The number of nitrogens with zero attached hydrogens (tertiary/aromatic N) is 1. The molecule has 2 amide bonds. The molecule has 0 aliphatic carbocycles. The van der Waals surface area contributed by atoms with Crippen LogP contribution in [0.2, 0.25) is 0 Å². The second-order valence-electron chi connectivity index (χ2n) is 6.27. The maximum Gasteiger partial charge on any atom is 0.311 e. The van der Waals surface area contributed by atoms with E-state index in [-0.39, 0.29) is 37.4 Å². The molecule has 1 aromatic rings. The van der Waals surface area contributed by atoms with Gasteiger partial charge in [0.05, 0.1) is 25.8 Å². The van der Waals surface area contributed by atoms with E-state index in [1.54, 1.807) is 18.2 Å². The Morgan fingerprint density at radius 1 is 1.27 bits per heavy atom. The van der Waals surface area contributed by atoms with Crippen molar-refractivity contribution in [3.05, 3.63) is 18.2 Å². The number of carbonyl (C=O) groups excluding carboxylic acids is 3. The Bertz CT molecular complexity index is 688. The van der Waals surface area contributed by atoms with Crippen molar-refractivity contribution in [1.82, 2.24) is 5.32 Å². The molecular weight excluding hydrogens is 340 g/mol. The van der Waals surface area contributed by atoms with Crippen LogP contribution in [0.3, 0.4) is 0 Å². The molecule has 0 saturated carbocycles. The molecule has 1 aromatic carbocycles. The fourth-order valence-electron chi connectivity index (χ4n) is 2.72. The van der Waals surface area contributed by atoms with Gasteiger partial charge in [0.2, 0.25) is 5.91 Å². The van der Waals surface area contributed by atoms with Gasteiger partial charge in [0.1, 0.15) is 11.5 Å². The first-order valence-electron chi connectivity index (χ1n) is 8.34. The second kappa shape index (κ2) is 8.55. The van der Waals surface area contributed by atoms with Gasteiger partial charge in [-0.2, -0.15) is 0 Å². The minimum absolute atomic E-state index is 0.0276. The summed E-state index contributed by atoms with van der Waals surface area (Å²) < 4.78 is 15.5. The first-order chi connectivity index (χ1) is 12.3. The van der Waals surface area contributed by atoms with Crippen molar-refractivity contribution in [3.8, 4) is 11.5 Å². The van der Waals surface area contributed by atoms with Crippen molar-refractivity contribution < 1.29 is 28.6 Å². The number of anilines is 1. The van der Waals surface area contributed by atoms with Crippen LogP contribution in [0.25, 0.3) is 0 Å². The molecule has 8 heteroatoms. The van der Waals surface area contributed by atoms with E-state index in [9.17, 15) is 14.4 Å². The third-order valence-electron chi connectivity index (χ3n) is 3.93. The molecule has 1 N–H and O–H groups in total. The van der Waals surface area contributed by atoms with Gasteiger partial charge in [-0.1, -0.05) is 0 Å². The Kier molecular flexibility index (Phi) is 6.43. The number of methoxy groups -OCH3 is 2. The summed E-state index contributed by atoms with van der Waals surface area (Å²) >= 11 is 0. The lowest BCUT2D eigenvalue weighted by Crippen LogP contribution is -2.35. The highest BCUT2D eigenvalue weighted by Crippen LogP contribution is 2.35. The van der Waals surface area contributed by atoms with Crippen molar-refractivity contribution in [2.45, 2.75) is 26.3 Å². The molecule has 0 spiro atoms. The molecule has 1 heterocycles. The van der Waals surface area contributed by atoms with Gasteiger partial charge in [0.15, 0.2) is 6.61 Å². The van der Waals surface area contributed by atoms with E-state index in [2.05, 4.69) is 5.32 Å². The van der Waals surface area contributed by atoms with Crippen molar-refractivity contribution in [3.63, 3.8) is 0 Å². The summed E-state index contributed by atoms with van der Waals surface area (Å²) in [4.78, 5) is 37.6. The molecule has 1 aliphatic heterocycles. The molecule has 1 aliphatic rings. The zero-order valence-corrected chi connectivity index (χ0v) is 15.4. The summed E-state index contributed by atoms with van der Waals surface area (Å²) in [7, 11) is 3.04. The predicted octanol–water partition coefficient (Wildman–Crippen LogP) is 1.12. The zero-order valence-electron chi connectivity index (χ0n) is 15.4. The first-order valence-corrected chi connectivity index (χ1v) is 8.34. The lowest BCUT2D eigenvalue weighted by molar-refractivity contribution is -0.152. The summed E-state index contributed by atoms with van der Waals surface area (Å²) in [5.74, 6) is -0.686. The van der Waals surface area contributed by atoms with Crippen LogP contribution in [0.4, 0.5) is 5.69 Å². The number of nitrogens with one attached hydrogen (secondary N) is 1. The normalized spacial score (nSPS) is 16.6. The molecule has 26 heavy (non-hydrogen) atoms. The number of rotatable bonds is 7. The monoisotopic (exact) mass is 364 g/mol. The zero-order chi connectivity index (χ0) is 19.3. The molecule has 0 bridgehead atoms. The maximum absolute atomic E-state index is 12.3. The van der Waals surface area contributed by atoms with Gasteiger partial charge in [0.25, 0.3) is 5.91 Å². The van der Waals surface area contributed by atoms with E-state index in [1.165, 1.54) is 19.1 Å². The molecule has 0 aromatic heterocycles. The third-order valence-corrected chi connectivity index (χ3v) is 3.93. The van der Waals surface area contributed by atoms with E-state index in [0.717, 1.165) is 0 Å². The van der Waals surface area contributed by atoms with E-state index in [4.69, 9.17) is 14.2 Å². The highest BCUT2D eigenvalue weighted by atomic mass is 16.5. The molecule has 0 radical (unpaired) electrons. The molecule has 1 saturated heterocycles. The fourth-order valence-corrected chi connectivity index (χ4v) is 2.72. The number of hydrogen-bond acceptors (Lipinski definition) is 6. The molecule has 2 rings (SSSR count). The summed E-state index contributed by atoms with van der Waals surface area (Å²) in [6.07, 6.45) is 0.0276. The van der Waals surface area contributed by atoms with E-state index in [0.29, 0.717) is 17.2 Å². The number of carbonyl (C=O) groups is 3. The van der Waals surface area contributed by atoms with Gasteiger partial charge in [-0.25, -0.2) is 0 Å². The first kappa shape index (κ1) is 19.6. The van der Waals surface area contributed by atoms with Crippen LogP contribution >= 0.6 is 0 Å². The van der Waals surface area contributed by atoms with Crippen molar-refractivity contribution in [1.29, 1.82) is 0 Å². The lowest BCUT2D eigenvalue weighted by atomic mass is 10.1. The maximum atomic E-state index is 12.3. The Morgan fingerprint density at radius 3 is 2.62 bits per heavy atom. The van der Waals surface area contributed by atoms with E-state index < -0.39 is 11.9 Å². The van der Waals surface area contributed by atoms with Gasteiger partial charge in [-0.3, -0.25) is 14.4 Å². The number of esters is 1. The molecule has 8 nitrogen and oxygen atoms in total. The van der Waals surface area contributed by atoms with Gasteiger partial charge >= 0.3 is 5.97 Å². The molecule has 1 atom stereocenters. The highest BCUT2D eigenvalue weighted by molar-refractivity contribution is 6.00. The SMILES string of the molecule is COc1ccc(N2C[C@@H](C(=O)OCC(=O)NC(C)C)CC2=O)c(OC)c1. The van der Waals surface area contributed by atoms with Crippen molar-refractivity contribution in [2.75, 3.05) is 32.3 Å².